The Morgan fingerprint density at radius 1 is 1.04 bits per heavy atom. The maximum absolute atomic E-state index is 14.4. The van der Waals surface area contributed by atoms with E-state index in [0.29, 0.717) is 23.4 Å². The van der Waals surface area contributed by atoms with Gasteiger partial charge in [0, 0.05) is 17.7 Å². The zero-order valence-electron chi connectivity index (χ0n) is 15.1. The lowest BCUT2D eigenvalue weighted by Crippen LogP contribution is -2.26. The summed E-state index contributed by atoms with van der Waals surface area (Å²) in [7, 11) is 1.46. The highest BCUT2D eigenvalue weighted by Crippen LogP contribution is 2.32. The molecule has 0 aliphatic heterocycles. The van der Waals surface area contributed by atoms with E-state index >= 15 is 0 Å². The summed E-state index contributed by atoms with van der Waals surface area (Å²) >= 11 is 3.24. The van der Waals surface area contributed by atoms with Crippen molar-refractivity contribution in [3.8, 4) is 11.4 Å². The molecule has 0 N–H and O–H groups in total. The summed E-state index contributed by atoms with van der Waals surface area (Å²) in [6.07, 6.45) is 0.449. The first-order valence-electron chi connectivity index (χ1n) is 8.33. The predicted octanol–water partition coefficient (Wildman–Crippen LogP) is 5.09. The molecule has 0 aliphatic rings. The van der Waals surface area contributed by atoms with E-state index in [-0.39, 0.29) is 4.47 Å². The van der Waals surface area contributed by atoms with Crippen LogP contribution in [0.4, 0.5) is 8.78 Å². The molecule has 0 bridgehead atoms. The monoisotopic (exact) mass is 433 g/mol. The Morgan fingerprint density at radius 2 is 1.63 bits per heavy atom. The maximum atomic E-state index is 14.4. The molecular formula is C21H18BrF2NO2. The van der Waals surface area contributed by atoms with Gasteiger partial charge in [-0.2, -0.15) is 0 Å². The van der Waals surface area contributed by atoms with Gasteiger partial charge in [0.25, 0.3) is 5.56 Å². The number of aryl methyl sites for hydroxylation is 1. The first-order chi connectivity index (χ1) is 12.8. The van der Waals surface area contributed by atoms with Crippen LogP contribution in [0.1, 0.15) is 22.4 Å². The van der Waals surface area contributed by atoms with Gasteiger partial charge in [0.1, 0.15) is 27.5 Å². The highest BCUT2D eigenvalue weighted by molar-refractivity contribution is 9.10. The number of pyridine rings is 1. The van der Waals surface area contributed by atoms with Crippen molar-refractivity contribution in [1.82, 2.24) is 4.57 Å². The summed E-state index contributed by atoms with van der Waals surface area (Å²) < 4.78 is 35.4. The fourth-order valence-electron chi connectivity index (χ4n) is 3.08. The van der Waals surface area contributed by atoms with Crippen molar-refractivity contribution in [1.29, 1.82) is 0 Å². The molecule has 0 amide bonds. The molecule has 3 aromatic rings. The van der Waals surface area contributed by atoms with Crippen LogP contribution in [0.5, 0.6) is 5.75 Å². The third-order valence-corrected chi connectivity index (χ3v) is 5.20. The highest BCUT2D eigenvalue weighted by atomic mass is 79.9. The number of aromatic nitrogens is 1. The third-order valence-electron chi connectivity index (χ3n) is 4.50. The van der Waals surface area contributed by atoms with E-state index in [9.17, 15) is 13.6 Å². The Kier molecular flexibility index (Phi) is 5.46. The van der Waals surface area contributed by atoms with E-state index < -0.39 is 22.9 Å². The Hall–Kier alpha value is -2.47. The van der Waals surface area contributed by atoms with Crippen molar-refractivity contribution in [2.24, 2.45) is 0 Å². The van der Waals surface area contributed by atoms with Crippen molar-refractivity contribution in [3.05, 3.63) is 91.3 Å². The number of halogens is 3. The Balaban J connectivity index is 2.29. The number of benzene rings is 2. The quantitative estimate of drug-likeness (QED) is 0.573. The predicted molar refractivity (Wildman–Crippen MR) is 105 cm³/mol. The molecule has 0 aliphatic carbocycles. The van der Waals surface area contributed by atoms with Gasteiger partial charge in [-0.1, -0.05) is 35.9 Å². The summed E-state index contributed by atoms with van der Waals surface area (Å²) in [6, 6.07) is 11.4. The second-order valence-electron chi connectivity index (χ2n) is 6.28. The average Bonchev–Trinajstić information content (AvgIpc) is 2.64. The van der Waals surface area contributed by atoms with Gasteiger partial charge in [0.05, 0.1) is 7.11 Å². The Labute approximate surface area is 164 Å². The molecule has 27 heavy (non-hydrogen) atoms. The van der Waals surface area contributed by atoms with Gasteiger partial charge in [0.15, 0.2) is 0 Å². The van der Waals surface area contributed by atoms with Crippen LogP contribution in [-0.2, 0) is 6.42 Å². The van der Waals surface area contributed by atoms with Gasteiger partial charge >= 0.3 is 0 Å². The van der Waals surface area contributed by atoms with Gasteiger partial charge in [-0.05, 0) is 47.5 Å². The fourth-order valence-corrected chi connectivity index (χ4v) is 3.66. The number of methoxy groups -OCH3 is 1. The average molecular weight is 434 g/mol. The topological polar surface area (TPSA) is 31.2 Å². The summed E-state index contributed by atoms with van der Waals surface area (Å²) in [5.74, 6) is -1.25. The number of nitrogens with zero attached hydrogens (tertiary/aromatic N) is 1. The molecule has 1 heterocycles. The zero-order chi connectivity index (χ0) is 19.7. The second kappa shape index (κ2) is 7.64. The number of para-hydroxylation sites is 1. The van der Waals surface area contributed by atoms with Crippen LogP contribution >= 0.6 is 15.9 Å². The molecule has 3 rings (SSSR count). The van der Waals surface area contributed by atoms with Gasteiger partial charge in [-0.3, -0.25) is 9.36 Å². The summed E-state index contributed by atoms with van der Waals surface area (Å²) in [4.78, 5) is 12.8. The van der Waals surface area contributed by atoms with Crippen molar-refractivity contribution in [3.63, 3.8) is 0 Å². The molecule has 140 valence electrons. The number of hydrogen-bond acceptors (Lipinski definition) is 2. The van der Waals surface area contributed by atoms with Crippen LogP contribution in [0, 0.1) is 25.5 Å². The van der Waals surface area contributed by atoms with Crippen LogP contribution in [-0.4, -0.2) is 11.7 Å². The molecule has 0 spiro atoms. The second-order valence-corrected chi connectivity index (χ2v) is 7.08. The molecule has 6 heteroatoms. The molecule has 3 nitrogen and oxygen atoms in total. The largest absolute Gasteiger partial charge is 0.495 e. The summed E-state index contributed by atoms with van der Waals surface area (Å²) in [6.45, 7) is 3.65. The smallest absolute Gasteiger partial charge is 0.273 e. The Bertz CT molecular complexity index is 1040. The minimum Gasteiger partial charge on any atom is -0.495 e. The van der Waals surface area contributed by atoms with Crippen molar-refractivity contribution >= 4 is 15.9 Å². The minimum absolute atomic E-state index is 0.125. The van der Waals surface area contributed by atoms with Crippen molar-refractivity contribution in [2.75, 3.05) is 7.11 Å². The summed E-state index contributed by atoms with van der Waals surface area (Å²) in [5, 5.41) is 0. The maximum Gasteiger partial charge on any atom is 0.273 e. The lowest BCUT2D eigenvalue weighted by atomic mass is 10.0. The van der Waals surface area contributed by atoms with Crippen LogP contribution in [0.3, 0.4) is 0 Å². The SMILES string of the molecule is COc1c(Cc2ccc(C)cc2)c(C)n(-c2c(F)cccc2F)c(=O)c1Br. The lowest BCUT2D eigenvalue weighted by Gasteiger charge is -2.20. The van der Waals surface area contributed by atoms with E-state index in [1.807, 2.05) is 31.2 Å². The summed E-state index contributed by atoms with van der Waals surface area (Å²) in [5.41, 5.74) is 2.24. The molecule has 0 unspecified atom stereocenters. The van der Waals surface area contributed by atoms with E-state index in [2.05, 4.69) is 15.9 Å². The molecule has 0 saturated carbocycles. The van der Waals surface area contributed by atoms with Gasteiger partial charge < -0.3 is 4.74 Å². The van der Waals surface area contributed by atoms with Gasteiger partial charge in [0.2, 0.25) is 0 Å². The standard InChI is InChI=1S/C21H18BrF2NO2/c1-12-7-9-14(10-8-12)11-15-13(2)25(21(26)18(22)20(15)27-3)19-16(23)5-4-6-17(19)24/h4-10H,11H2,1-3H3. The van der Waals surface area contributed by atoms with Gasteiger partial charge in [-0.25, -0.2) is 8.78 Å². The molecule has 2 aromatic carbocycles. The Morgan fingerprint density at radius 3 is 2.19 bits per heavy atom. The van der Waals surface area contributed by atoms with E-state index in [1.165, 1.54) is 13.2 Å². The van der Waals surface area contributed by atoms with E-state index in [1.54, 1.807) is 6.92 Å². The molecular weight excluding hydrogens is 416 g/mol. The fraction of sp³-hybridized carbons (Fsp3) is 0.190. The van der Waals surface area contributed by atoms with E-state index in [0.717, 1.165) is 27.8 Å². The van der Waals surface area contributed by atoms with Crippen LogP contribution < -0.4 is 10.3 Å². The van der Waals surface area contributed by atoms with Crippen molar-refractivity contribution < 1.29 is 13.5 Å². The normalized spacial score (nSPS) is 10.9. The van der Waals surface area contributed by atoms with Crippen LogP contribution in [0.15, 0.2) is 51.7 Å². The number of rotatable bonds is 4. The molecule has 0 atom stereocenters. The third kappa shape index (κ3) is 3.54. The first-order valence-corrected chi connectivity index (χ1v) is 9.12. The lowest BCUT2D eigenvalue weighted by molar-refractivity contribution is 0.404. The zero-order valence-corrected chi connectivity index (χ0v) is 16.7. The van der Waals surface area contributed by atoms with Crippen LogP contribution in [0.2, 0.25) is 0 Å². The van der Waals surface area contributed by atoms with Crippen LogP contribution in [0.25, 0.3) is 5.69 Å². The first kappa shape index (κ1) is 19.3. The minimum atomic E-state index is -0.807. The number of hydrogen-bond donors (Lipinski definition) is 0. The highest BCUT2D eigenvalue weighted by Gasteiger charge is 2.23. The molecule has 0 radical (unpaired) electrons. The molecule has 0 saturated heterocycles. The van der Waals surface area contributed by atoms with E-state index in [4.69, 9.17) is 4.74 Å². The molecule has 1 aromatic heterocycles. The van der Waals surface area contributed by atoms with Crippen molar-refractivity contribution in [2.45, 2.75) is 20.3 Å². The molecule has 0 fully saturated rings. The number of ether oxygens (including phenoxy) is 1. The van der Waals surface area contributed by atoms with Gasteiger partial charge in [-0.15, -0.1) is 0 Å².